The SMILES string of the molecule is CC(C)(C)c1ccc(N=C=O)c(C=N[C@H]2C3CCN(CC3)[C@H]2C(c2ccccc2)c2ccccc2)c1. The van der Waals surface area contributed by atoms with Gasteiger partial charge in [-0.15, -0.1) is 0 Å². The Morgan fingerprint density at radius 1 is 0.917 bits per heavy atom. The zero-order valence-electron chi connectivity index (χ0n) is 21.5. The maximum Gasteiger partial charge on any atom is 0.240 e. The van der Waals surface area contributed by atoms with Crippen LogP contribution in [0.25, 0.3) is 0 Å². The van der Waals surface area contributed by atoms with Crippen LogP contribution < -0.4 is 0 Å². The summed E-state index contributed by atoms with van der Waals surface area (Å²) < 4.78 is 0. The molecule has 0 aliphatic carbocycles. The monoisotopic (exact) mass is 477 g/mol. The molecular weight excluding hydrogens is 442 g/mol. The summed E-state index contributed by atoms with van der Waals surface area (Å²) in [4.78, 5) is 23.1. The van der Waals surface area contributed by atoms with Crippen LogP contribution >= 0.6 is 0 Å². The van der Waals surface area contributed by atoms with Crippen LogP contribution in [0.2, 0.25) is 0 Å². The maximum atomic E-state index is 11.1. The number of hydrogen-bond acceptors (Lipinski definition) is 4. The quantitative estimate of drug-likeness (QED) is 0.294. The molecule has 184 valence electrons. The van der Waals surface area contributed by atoms with Crippen molar-refractivity contribution in [1.82, 2.24) is 4.90 Å². The minimum absolute atomic E-state index is 0.00409. The Bertz CT molecular complexity index is 1210. The molecule has 4 nitrogen and oxygen atoms in total. The number of rotatable bonds is 6. The molecule has 3 aromatic rings. The van der Waals surface area contributed by atoms with Gasteiger partial charge in [-0.3, -0.25) is 9.89 Å². The van der Waals surface area contributed by atoms with Gasteiger partial charge in [0.05, 0.1) is 11.7 Å². The smallest absolute Gasteiger partial charge is 0.240 e. The fourth-order valence-corrected chi connectivity index (χ4v) is 6.02. The molecule has 0 aromatic heterocycles. The average Bonchev–Trinajstić information content (AvgIpc) is 2.90. The van der Waals surface area contributed by atoms with E-state index in [0.717, 1.165) is 18.7 Å². The first-order valence-electron chi connectivity index (χ1n) is 13.1. The van der Waals surface area contributed by atoms with Crippen molar-refractivity contribution in [2.75, 3.05) is 13.1 Å². The third kappa shape index (κ3) is 4.97. The van der Waals surface area contributed by atoms with Crippen molar-refractivity contribution in [2.24, 2.45) is 15.9 Å². The van der Waals surface area contributed by atoms with E-state index < -0.39 is 0 Å². The lowest BCUT2D eigenvalue weighted by Crippen LogP contribution is -2.59. The van der Waals surface area contributed by atoms with Crippen LogP contribution in [0.15, 0.2) is 88.8 Å². The van der Waals surface area contributed by atoms with Crippen molar-refractivity contribution in [2.45, 2.75) is 57.0 Å². The predicted octanol–water partition coefficient (Wildman–Crippen LogP) is 6.67. The summed E-state index contributed by atoms with van der Waals surface area (Å²) in [5.41, 5.74) is 5.38. The van der Waals surface area contributed by atoms with Crippen molar-refractivity contribution < 1.29 is 4.79 Å². The Kier molecular flexibility index (Phi) is 7.00. The molecule has 0 radical (unpaired) electrons. The molecule has 6 rings (SSSR count). The summed E-state index contributed by atoms with van der Waals surface area (Å²) in [7, 11) is 0. The van der Waals surface area contributed by atoms with Gasteiger partial charge < -0.3 is 0 Å². The van der Waals surface area contributed by atoms with Crippen LogP contribution in [0.4, 0.5) is 5.69 Å². The molecule has 3 fully saturated rings. The van der Waals surface area contributed by atoms with Crippen molar-refractivity contribution in [3.63, 3.8) is 0 Å². The second-order valence-electron chi connectivity index (χ2n) is 11.2. The van der Waals surface area contributed by atoms with Crippen LogP contribution in [0.5, 0.6) is 0 Å². The van der Waals surface area contributed by atoms with Crippen LogP contribution in [-0.4, -0.2) is 42.4 Å². The van der Waals surface area contributed by atoms with Gasteiger partial charge in [0.15, 0.2) is 0 Å². The number of fused-ring (bicyclic) bond motifs is 3. The Morgan fingerprint density at radius 2 is 1.53 bits per heavy atom. The van der Waals surface area contributed by atoms with Crippen LogP contribution in [0.1, 0.15) is 61.8 Å². The molecule has 2 atom stereocenters. The highest BCUT2D eigenvalue weighted by molar-refractivity contribution is 5.88. The van der Waals surface area contributed by atoms with Gasteiger partial charge in [-0.25, -0.2) is 4.79 Å². The standard InChI is InChI=1S/C32H35N3O/c1-32(2,3)27-14-15-28(34-22-36)26(20-27)21-33-30-25-16-18-35(19-17-25)31(30)29(23-10-6-4-7-11-23)24-12-8-5-9-13-24/h4-15,20-21,25,29-31H,16-19H2,1-3H3/t30-,31-/m0/s1. The normalized spacial score (nSPS) is 23.7. The summed E-state index contributed by atoms with van der Waals surface area (Å²) in [6.45, 7) is 8.83. The maximum absolute atomic E-state index is 11.1. The number of piperidine rings is 3. The summed E-state index contributed by atoms with van der Waals surface area (Å²) >= 11 is 0. The molecule has 3 aliphatic rings. The highest BCUT2D eigenvalue weighted by Crippen LogP contribution is 2.43. The number of benzene rings is 3. The van der Waals surface area contributed by atoms with Gasteiger partial charge in [0.25, 0.3) is 0 Å². The fourth-order valence-electron chi connectivity index (χ4n) is 6.02. The predicted molar refractivity (Wildman–Crippen MR) is 147 cm³/mol. The molecule has 3 heterocycles. The lowest BCUT2D eigenvalue weighted by atomic mass is 9.71. The zero-order chi connectivity index (χ0) is 25.1. The molecule has 36 heavy (non-hydrogen) atoms. The van der Waals surface area contributed by atoms with Gasteiger partial charge in [0, 0.05) is 23.7 Å². The van der Waals surface area contributed by atoms with E-state index in [9.17, 15) is 4.79 Å². The van der Waals surface area contributed by atoms with Crippen LogP contribution in [0, 0.1) is 5.92 Å². The highest BCUT2D eigenvalue weighted by Gasteiger charge is 2.46. The topological polar surface area (TPSA) is 45.0 Å². The molecule has 3 aliphatic heterocycles. The zero-order valence-corrected chi connectivity index (χ0v) is 21.5. The average molecular weight is 478 g/mol. The highest BCUT2D eigenvalue weighted by atomic mass is 16.1. The third-order valence-electron chi connectivity index (χ3n) is 7.93. The Labute approximate surface area is 214 Å². The molecule has 4 heteroatoms. The number of nitrogens with zero attached hydrogens (tertiary/aromatic N) is 3. The first-order valence-corrected chi connectivity index (χ1v) is 13.1. The molecule has 2 bridgehead atoms. The second kappa shape index (κ2) is 10.3. The van der Waals surface area contributed by atoms with Gasteiger partial charge in [-0.2, -0.15) is 4.99 Å². The van der Waals surface area contributed by atoms with Gasteiger partial charge in [-0.05, 0) is 66.1 Å². The molecule has 0 unspecified atom stereocenters. The summed E-state index contributed by atoms with van der Waals surface area (Å²) in [6, 6.07) is 28.3. The van der Waals surface area contributed by atoms with Gasteiger partial charge >= 0.3 is 0 Å². The van der Waals surface area contributed by atoms with E-state index in [1.54, 1.807) is 6.08 Å². The second-order valence-corrected chi connectivity index (χ2v) is 11.2. The van der Waals surface area contributed by atoms with Gasteiger partial charge in [0.1, 0.15) is 0 Å². The number of hydrogen-bond donors (Lipinski definition) is 0. The molecule has 0 spiro atoms. The molecule has 3 aromatic carbocycles. The van der Waals surface area contributed by atoms with Crippen molar-refractivity contribution in [1.29, 1.82) is 0 Å². The lowest BCUT2D eigenvalue weighted by Gasteiger charge is -2.52. The molecule has 0 amide bonds. The Morgan fingerprint density at radius 3 is 2.08 bits per heavy atom. The number of aliphatic imine (C=N–C) groups is 2. The van der Waals surface area contributed by atoms with Gasteiger partial charge in [-0.1, -0.05) is 87.5 Å². The first kappa shape index (κ1) is 24.4. The molecule has 0 saturated carbocycles. The molecule has 0 N–H and O–H groups in total. The van der Waals surface area contributed by atoms with E-state index in [-0.39, 0.29) is 23.4 Å². The number of isocyanates is 1. The van der Waals surface area contributed by atoms with E-state index in [1.807, 2.05) is 18.3 Å². The first-order chi connectivity index (χ1) is 17.5. The minimum Gasteiger partial charge on any atom is -0.297 e. The van der Waals surface area contributed by atoms with Crippen molar-refractivity contribution in [3.8, 4) is 0 Å². The van der Waals surface area contributed by atoms with Crippen molar-refractivity contribution >= 4 is 18.0 Å². The van der Waals surface area contributed by atoms with Crippen LogP contribution in [-0.2, 0) is 10.2 Å². The minimum atomic E-state index is -0.00409. The van der Waals surface area contributed by atoms with E-state index in [2.05, 4.69) is 97.4 Å². The molecule has 3 saturated heterocycles. The van der Waals surface area contributed by atoms with Crippen molar-refractivity contribution in [3.05, 3.63) is 101 Å². The van der Waals surface area contributed by atoms with E-state index in [4.69, 9.17) is 4.99 Å². The summed E-state index contributed by atoms with van der Waals surface area (Å²) in [5, 5.41) is 0. The third-order valence-corrected chi connectivity index (χ3v) is 7.93. The molecular formula is C32H35N3O. The van der Waals surface area contributed by atoms with E-state index >= 15 is 0 Å². The Hall–Kier alpha value is -3.33. The van der Waals surface area contributed by atoms with E-state index in [0.29, 0.717) is 11.6 Å². The fraction of sp³-hybridized carbons (Fsp3) is 0.375. The van der Waals surface area contributed by atoms with Crippen LogP contribution in [0.3, 0.4) is 0 Å². The Balaban J connectivity index is 1.58. The lowest BCUT2D eigenvalue weighted by molar-refractivity contribution is 0.0215. The summed E-state index contributed by atoms with van der Waals surface area (Å²) in [5.74, 6) is 0.793. The largest absolute Gasteiger partial charge is 0.297 e. The number of carbonyl (C=O) groups excluding carboxylic acids is 1. The van der Waals surface area contributed by atoms with E-state index in [1.165, 1.54) is 29.5 Å². The van der Waals surface area contributed by atoms with Gasteiger partial charge in [0.2, 0.25) is 6.08 Å². The summed E-state index contributed by atoms with van der Waals surface area (Å²) in [6.07, 6.45) is 6.05.